The molecule has 0 saturated heterocycles. The fourth-order valence-electron chi connectivity index (χ4n) is 6.79. The minimum Gasteiger partial charge on any atom is -0.458 e. The highest BCUT2D eigenvalue weighted by Gasteiger charge is 2.34. The zero-order valence-corrected chi connectivity index (χ0v) is 45.7. The summed E-state index contributed by atoms with van der Waals surface area (Å²) in [7, 11) is 0. The van der Waals surface area contributed by atoms with Gasteiger partial charge in [0, 0.05) is 12.7 Å². The molecule has 0 spiro atoms. The van der Waals surface area contributed by atoms with Crippen LogP contribution >= 0.6 is 0 Å². The van der Waals surface area contributed by atoms with Crippen molar-refractivity contribution in [2.24, 2.45) is 0 Å². The van der Waals surface area contributed by atoms with Crippen molar-refractivity contribution in [2.75, 3.05) is 0 Å². The summed E-state index contributed by atoms with van der Waals surface area (Å²) < 4.78 is 41.3. The molecule has 0 aliphatic carbocycles. The first kappa shape index (κ1) is 61.3. The highest BCUT2D eigenvalue weighted by atomic mass is 16.6. The molecule has 1 aromatic carbocycles. The van der Waals surface area contributed by atoms with Crippen LogP contribution in [0.3, 0.4) is 0 Å². The molecule has 18 heteroatoms. The molecule has 1 aromatic heterocycles. The van der Waals surface area contributed by atoms with Crippen LogP contribution in [0.2, 0.25) is 0 Å². The van der Waals surface area contributed by atoms with Crippen LogP contribution < -0.4 is 16.0 Å². The van der Waals surface area contributed by atoms with Crippen LogP contribution in [0.25, 0.3) is 0 Å². The number of alkyl carbamates (subject to hydrolysis) is 3. The lowest BCUT2D eigenvalue weighted by molar-refractivity contribution is -0.158. The maximum atomic E-state index is 14.6. The van der Waals surface area contributed by atoms with Crippen molar-refractivity contribution in [3.8, 4) is 0 Å². The summed E-state index contributed by atoms with van der Waals surface area (Å²) in [4.78, 5) is 94.7. The molecule has 2 rings (SSSR count). The molecule has 3 amide bonds. The summed E-state index contributed by atoms with van der Waals surface area (Å²) in [6, 6.07) is 5.61. The second kappa shape index (κ2) is 25.5. The second-order valence-corrected chi connectivity index (χ2v) is 23.5. The lowest BCUT2D eigenvalue weighted by Gasteiger charge is -2.27. The van der Waals surface area contributed by atoms with E-state index < -0.39 is 93.9 Å². The molecule has 3 atom stereocenters. The van der Waals surface area contributed by atoms with Gasteiger partial charge >= 0.3 is 42.2 Å². The van der Waals surface area contributed by atoms with Gasteiger partial charge in [-0.1, -0.05) is 30.3 Å². The van der Waals surface area contributed by atoms with Crippen LogP contribution in [0.15, 0.2) is 36.5 Å². The SMILES string of the molecule is CC(C)(C)OC(=O)N[C@@H](CCCCn1cc(CC[C@H](NC(=O)OC(C)(C)C)C(=O)OC(C)(C)C)c(CC[C@H](NC(=O)OC(C)(C)C)C(=O)OC(C)(C)C)c1C(=O)OCc1ccccc1)C(=O)OC(C)(C)C. The van der Waals surface area contributed by atoms with E-state index in [0.29, 0.717) is 24.0 Å². The number of hydrogen-bond acceptors (Lipinski definition) is 14. The highest BCUT2D eigenvalue weighted by molar-refractivity contribution is 5.90. The standard InChI is InChI=1S/C53H84N4O14/c1-48(2,3)66-41(58)37(54-45(62)69-51(10,11)12)26-22-23-31-57-32-35(27-29-38(42(59)67-49(4,5)6)55-46(63)70-52(13,14)15)36(40(57)44(61)65-33-34-24-20-19-21-25-34)28-30-39(43(60)68-50(7,8)9)56-47(64)71-53(16,17)18/h19-21,24-25,32,37-39H,22-23,26-31,33H2,1-18H3,(H,54,62)(H,55,63)(H,56,64)/t37-,38-,39-/m0/s1. The number of nitrogens with zero attached hydrogens (tertiary/aromatic N) is 1. The number of nitrogens with one attached hydrogen (secondary N) is 3. The van der Waals surface area contributed by atoms with Crippen molar-refractivity contribution in [2.45, 2.75) is 234 Å². The van der Waals surface area contributed by atoms with Crippen LogP contribution in [0.1, 0.15) is 184 Å². The Morgan fingerprint density at radius 2 is 0.845 bits per heavy atom. The van der Waals surface area contributed by atoms with E-state index >= 15 is 0 Å². The van der Waals surface area contributed by atoms with Gasteiger partial charge < -0.3 is 53.7 Å². The Bertz CT molecular complexity index is 2110. The largest absolute Gasteiger partial charge is 0.458 e. The Kier molecular flexibility index (Phi) is 22.0. The predicted octanol–water partition coefficient (Wildman–Crippen LogP) is 9.59. The monoisotopic (exact) mass is 1000 g/mol. The van der Waals surface area contributed by atoms with Gasteiger partial charge in [-0.25, -0.2) is 33.6 Å². The number of rotatable bonds is 20. The van der Waals surface area contributed by atoms with Gasteiger partial charge in [-0.05, 0) is 186 Å². The summed E-state index contributed by atoms with van der Waals surface area (Å²) in [6.45, 7) is 30.8. The van der Waals surface area contributed by atoms with Crippen molar-refractivity contribution in [1.82, 2.24) is 20.5 Å². The van der Waals surface area contributed by atoms with Gasteiger partial charge in [-0.2, -0.15) is 0 Å². The van der Waals surface area contributed by atoms with Gasteiger partial charge in [-0.15, -0.1) is 0 Å². The molecule has 400 valence electrons. The quantitative estimate of drug-likeness (QED) is 0.0638. The molecule has 3 N–H and O–H groups in total. The van der Waals surface area contributed by atoms with E-state index in [-0.39, 0.29) is 50.9 Å². The molecule has 18 nitrogen and oxygen atoms in total. The van der Waals surface area contributed by atoms with Gasteiger partial charge in [0.2, 0.25) is 0 Å². The maximum absolute atomic E-state index is 14.6. The van der Waals surface area contributed by atoms with Crippen molar-refractivity contribution in [1.29, 1.82) is 0 Å². The number of ether oxygens (including phenoxy) is 7. The van der Waals surface area contributed by atoms with E-state index in [2.05, 4.69) is 16.0 Å². The van der Waals surface area contributed by atoms with Gasteiger partial charge in [0.15, 0.2) is 0 Å². The molecular weight excluding hydrogens is 917 g/mol. The zero-order valence-electron chi connectivity index (χ0n) is 45.7. The van der Waals surface area contributed by atoms with Gasteiger partial charge in [-0.3, -0.25) is 0 Å². The predicted molar refractivity (Wildman–Crippen MR) is 267 cm³/mol. The fourth-order valence-corrected chi connectivity index (χ4v) is 6.79. The van der Waals surface area contributed by atoms with E-state index in [1.165, 1.54) is 0 Å². The van der Waals surface area contributed by atoms with Crippen LogP contribution in [0.4, 0.5) is 14.4 Å². The van der Waals surface area contributed by atoms with Gasteiger partial charge in [0.25, 0.3) is 0 Å². The molecule has 0 fully saturated rings. The van der Waals surface area contributed by atoms with Crippen molar-refractivity contribution >= 4 is 42.2 Å². The third-order valence-corrected chi connectivity index (χ3v) is 9.35. The molecule has 2 aromatic rings. The van der Waals surface area contributed by atoms with E-state index in [1.807, 2.05) is 30.3 Å². The lowest BCUT2D eigenvalue weighted by Crippen LogP contribution is -2.46. The molecular formula is C53H84N4O14. The lowest BCUT2D eigenvalue weighted by atomic mass is 9.97. The van der Waals surface area contributed by atoms with Gasteiger partial charge in [0.1, 0.15) is 64.0 Å². The summed E-state index contributed by atoms with van der Waals surface area (Å²) in [5, 5.41) is 7.97. The summed E-state index contributed by atoms with van der Waals surface area (Å²) >= 11 is 0. The van der Waals surface area contributed by atoms with Crippen LogP contribution in [-0.2, 0) is 73.5 Å². The molecule has 0 aliphatic rings. The smallest absolute Gasteiger partial charge is 0.408 e. The number of benzene rings is 1. The third kappa shape index (κ3) is 25.7. The Morgan fingerprint density at radius 3 is 1.23 bits per heavy atom. The number of carbonyl (C=O) groups is 7. The van der Waals surface area contributed by atoms with Crippen LogP contribution in [-0.4, -0.2) is 98.5 Å². The third-order valence-electron chi connectivity index (χ3n) is 9.35. The van der Waals surface area contributed by atoms with E-state index in [4.69, 9.17) is 33.2 Å². The molecule has 0 aliphatic heterocycles. The summed E-state index contributed by atoms with van der Waals surface area (Å²) in [5.74, 6) is -2.78. The van der Waals surface area contributed by atoms with Crippen molar-refractivity contribution in [3.05, 3.63) is 58.9 Å². The topological polar surface area (TPSA) is 225 Å². The van der Waals surface area contributed by atoms with Crippen molar-refractivity contribution in [3.63, 3.8) is 0 Å². The van der Waals surface area contributed by atoms with Gasteiger partial charge in [0.05, 0.1) is 0 Å². The minimum absolute atomic E-state index is 0.00887. The van der Waals surface area contributed by atoms with E-state index in [1.54, 1.807) is 135 Å². The normalized spacial score (nSPS) is 13.7. The van der Waals surface area contributed by atoms with Crippen LogP contribution in [0.5, 0.6) is 0 Å². The number of unbranched alkanes of at least 4 members (excludes halogenated alkanes) is 1. The molecule has 0 unspecified atom stereocenters. The number of aromatic nitrogens is 1. The summed E-state index contributed by atoms with van der Waals surface area (Å²) in [6.07, 6.45) is 0.204. The van der Waals surface area contributed by atoms with E-state index in [9.17, 15) is 33.6 Å². The first-order valence-electron chi connectivity index (χ1n) is 24.4. The molecule has 0 bridgehead atoms. The average molecular weight is 1000 g/mol. The summed E-state index contributed by atoms with van der Waals surface area (Å²) in [5.41, 5.74) is -3.38. The molecule has 0 saturated carbocycles. The number of amides is 3. The number of esters is 4. The number of hydrogen-bond donors (Lipinski definition) is 3. The van der Waals surface area contributed by atoms with E-state index in [0.717, 1.165) is 5.56 Å². The Labute approximate surface area is 421 Å². The number of aryl methyl sites for hydroxylation is 2. The van der Waals surface area contributed by atoms with Crippen LogP contribution in [0, 0.1) is 0 Å². The molecule has 0 radical (unpaired) electrons. The Hall–Kier alpha value is -5.81. The fraction of sp³-hybridized carbons (Fsp3) is 0.679. The second-order valence-electron chi connectivity index (χ2n) is 23.5. The zero-order chi connectivity index (χ0) is 54.3. The maximum Gasteiger partial charge on any atom is 0.408 e. The Morgan fingerprint density at radius 1 is 0.479 bits per heavy atom. The first-order valence-corrected chi connectivity index (χ1v) is 24.4. The molecule has 71 heavy (non-hydrogen) atoms. The average Bonchev–Trinajstić information content (AvgIpc) is 3.51. The minimum atomic E-state index is -1.24. The van der Waals surface area contributed by atoms with Crippen molar-refractivity contribution < 1.29 is 66.7 Å². The Balaban J connectivity index is 2.79. The number of carbonyl (C=O) groups excluding carboxylic acids is 7. The molecule has 1 heterocycles. The first-order chi connectivity index (χ1) is 32.3. The highest BCUT2D eigenvalue weighted by Crippen LogP contribution is 2.27.